The van der Waals surface area contributed by atoms with E-state index in [-0.39, 0.29) is 5.94 Å². The molecule has 150 valence electrons. The normalized spacial score (nSPS) is 12.2. The standard InChI is InChI=1S/C22H38O3S/c1-2-3-4-5-6-7-8-9-10-11-12-13-14-17-21-18-15-16-19-22(21)25-20-26(23)24/h15-16,18-19H,2-14,17,20H2,1H3,(H,23,24). The fourth-order valence-electron chi connectivity index (χ4n) is 3.30. The maximum atomic E-state index is 10.8. The van der Waals surface area contributed by atoms with E-state index in [1.807, 2.05) is 18.2 Å². The second-order valence-corrected chi connectivity index (χ2v) is 8.06. The third kappa shape index (κ3) is 12.5. The first-order chi connectivity index (χ1) is 12.7. The minimum atomic E-state index is -1.91. The molecule has 0 fully saturated rings. The molecular formula is C22H38O3S. The van der Waals surface area contributed by atoms with Crippen molar-refractivity contribution in [2.45, 2.75) is 96.8 Å². The second kappa shape index (κ2) is 16.3. The summed E-state index contributed by atoms with van der Waals surface area (Å²) in [6, 6.07) is 7.84. The van der Waals surface area contributed by atoms with Gasteiger partial charge in [0, 0.05) is 0 Å². The number of unbranched alkanes of at least 4 members (excludes halogenated alkanes) is 12. The van der Waals surface area contributed by atoms with Crippen molar-refractivity contribution >= 4 is 11.1 Å². The van der Waals surface area contributed by atoms with Crippen molar-refractivity contribution in [1.29, 1.82) is 0 Å². The zero-order valence-electron chi connectivity index (χ0n) is 16.6. The third-order valence-corrected chi connectivity index (χ3v) is 5.16. The number of hydrogen-bond acceptors (Lipinski definition) is 2. The van der Waals surface area contributed by atoms with Gasteiger partial charge in [0.25, 0.3) is 0 Å². The molecule has 1 aromatic rings. The SMILES string of the molecule is CCCCCCCCCCCCCCCc1ccccc1OCS(=O)O. The highest BCUT2D eigenvalue weighted by Gasteiger charge is 2.04. The van der Waals surface area contributed by atoms with Crippen LogP contribution >= 0.6 is 0 Å². The molecule has 4 heteroatoms. The van der Waals surface area contributed by atoms with Gasteiger partial charge in [-0.3, -0.25) is 0 Å². The van der Waals surface area contributed by atoms with Crippen LogP contribution in [-0.4, -0.2) is 14.7 Å². The summed E-state index contributed by atoms with van der Waals surface area (Å²) in [5, 5.41) is 0. The lowest BCUT2D eigenvalue weighted by Crippen LogP contribution is -2.05. The lowest BCUT2D eigenvalue weighted by atomic mass is 10.0. The summed E-state index contributed by atoms with van der Waals surface area (Å²) < 4.78 is 25.0. The molecule has 0 bridgehead atoms. The molecule has 0 aliphatic heterocycles. The van der Waals surface area contributed by atoms with Crippen molar-refractivity contribution in [3.63, 3.8) is 0 Å². The van der Waals surface area contributed by atoms with Crippen LogP contribution in [0.4, 0.5) is 0 Å². The van der Waals surface area contributed by atoms with Crippen molar-refractivity contribution in [3.8, 4) is 5.75 Å². The van der Waals surface area contributed by atoms with Crippen LogP contribution in [0.5, 0.6) is 5.75 Å². The molecule has 0 amide bonds. The highest BCUT2D eigenvalue weighted by atomic mass is 32.2. The van der Waals surface area contributed by atoms with Crippen LogP contribution in [-0.2, 0) is 17.5 Å². The van der Waals surface area contributed by atoms with Crippen LogP contribution in [0.3, 0.4) is 0 Å². The number of para-hydroxylation sites is 1. The number of benzene rings is 1. The molecular weight excluding hydrogens is 344 g/mol. The minimum Gasteiger partial charge on any atom is -0.478 e. The fourth-order valence-corrected chi connectivity index (χ4v) is 3.53. The van der Waals surface area contributed by atoms with Gasteiger partial charge in [0.2, 0.25) is 0 Å². The quantitative estimate of drug-likeness (QED) is 0.236. The van der Waals surface area contributed by atoms with Gasteiger partial charge in [0.05, 0.1) is 0 Å². The Bertz CT molecular complexity index is 476. The Morgan fingerprint density at radius 2 is 1.31 bits per heavy atom. The molecule has 0 radical (unpaired) electrons. The predicted octanol–water partition coefficient (Wildman–Crippen LogP) is 6.88. The number of hydrogen-bond donors (Lipinski definition) is 1. The monoisotopic (exact) mass is 382 g/mol. The predicted molar refractivity (Wildman–Crippen MR) is 112 cm³/mol. The molecule has 1 atom stereocenters. The minimum absolute atomic E-state index is 0.157. The van der Waals surface area contributed by atoms with Crippen LogP contribution in [0, 0.1) is 0 Å². The highest BCUT2D eigenvalue weighted by molar-refractivity contribution is 7.79. The summed E-state index contributed by atoms with van der Waals surface area (Å²) in [6.07, 6.45) is 18.6. The Balaban J connectivity index is 1.98. The molecule has 3 nitrogen and oxygen atoms in total. The van der Waals surface area contributed by atoms with Gasteiger partial charge in [0.15, 0.2) is 17.0 Å². The zero-order valence-corrected chi connectivity index (χ0v) is 17.4. The van der Waals surface area contributed by atoms with E-state index in [0.29, 0.717) is 0 Å². The van der Waals surface area contributed by atoms with E-state index in [1.54, 1.807) is 0 Å². The van der Waals surface area contributed by atoms with E-state index in [2.05, 4.69) is 13.0 Å². The second-order valence-electron chi connectivity index (χ2n) is 7.18. The maximum absolute atomic E-state index is 10.8. The Morgan fingerprint density at radius 1 is 0.808 bits per heavy atom. The number of ether oxygens (including phenoxy) is 1. The van der Waals surface area contributed by atoms with Crippen molar-refractivity contribution in [1.82, 2.24) is 0 Å². The molecule has 1 aromatic carbocycles. The maximum Gasteiger partial charge on any atom is 0.191 e. The molecule has 0 saturated heterocycles. The first-order valence-corrected chi connectivity index (χ1v) is 11.8. The summed E-state index contributed by atoms with van der Waals surface area (Å²) in [7, 11) is 0. The van der Waals surface area contributed by atoms with Crippen LogP contribution in [0.1, 0.15) is 96.0 Å². The summed E-state index contributed by atoms with van der Waals surface area (Å²) in [5.41, 5.74) is 1.14. The van der Waals surface area contributed by atoms with Gasteiger partial charge in [-0.25, -0.2) is 4.21 Å². The van der Waals surface area contributed by atoms with Crippen LogP contribution in [0.2, 0.25) is 0 Å². The average molecular weight is 383 g/mol. The van der Waals surface area contributed by atoms with Gasteiger partial charge >= 0.3 is 0 Å². The Labute approximate surface area is 163 Å². The van der Waals surface area contributed by atoms with Gasteiger partial charge in [-0.1, -0.05) is 102 Å². The molecule has 1 rings (SSSR count). The zero-order chi connectivity index (χ0) is 18.9. The lowest BCUT2D eigenvalue weighted by molar-refractivity contribution is 0.367. The van der Waals surface area contributed by atoms with Gasteiger partial charge in [-0.05, 0) is 24.5 Å². The molecule has 0 heterocycles. The van der Waals surface area contributed by atoms with Crippen molar-refractivity contribution in [3.05, 3.63) is 29.8 Å². The van der Waals surface area contributed by atoms with Crippen molar-refractivity contribution in [2.75, 3.05) is 5.94 Å². The first kappa shape index (κ1) is 23.2. The molecule has 0 aromatic heterocycles. The van der Waals surface area contributed by atoms with E-state index in [0.717, 1.165) is 24.2 Å². The largest absolute Gasteiger partial charge is 0.478 e. The molecule has 1 N–H and O–H groups in total. The molecule has 0 aliphatic rings. The van der Waals surface area contributed by atoms with Crippen molar-refractivity contribution < 1.29 is 13.5 Å². The van der Waals surface area contributed by atoms with E-state index >= 15 is 0 Å². The number of aryl methyl sites for hydroxylation is 1. The van der Waals surface area contributed by atoms with E-state index in [4.69, 9.17) is 9.29 Å². The van der Waals surface area contributed by atoms with E-state index < -0.39 is 11.1 Å². The smallest absolute Gasteiger partial charge is 0.191 e. The third-order valence-electron chi connectivity index (χ3n) is 4.84. The summed E-state index contributed by atoms with van der Waals surface area (Å²) in [5.74, 6) is 0.587. The van der Waals surface area contributed by atoms with Crippen LogP contribution in [0.15, 0.2) is 24.3 Å². The van der Waals surface area contributed by atoms with Gasteiger partial charge < -0.3 is 9.29 Å². The molecule has 26 heavy (non-hydrogen) atoms. The molecule has 1 unspecified atom stereocenters. The summed E-state index contributed by atoms with van der Waals surface area (Å²) >= 11 is -1.91. The summed E-state index contributed by atoms with van der Waals surface area (Å²) in [6.45, 7) is 2.27. The fraction of sp³-hybridized carbons (Fsp3) is 0.727. The average Bonchev–Trinajstić information content (AvgIpc) is 2.64. The Kier molecular flexibility index (Phi) is 14.5. The molecule has 0 saturated carbocycles. The van der Waals surface area contributed by atoms with E-state index in [1.165, 1.54) is 77.0 Å². The Hall–Kier alpha value is -0.870. The van der Waals surface area contributed by atoms with E-state index in [9.17, 15) is 4.21 Å². The van der Waals surface area contributed by atoms with Gasteiger partial charge in [0.1, 0.15) is 5.75 Å². The highest BCUT2D eigenvalue weighted by Crippen LogP contribution is 2.21. The van der Waals surface area contributed by atoms with Gasteiger partial charge in [-0.15, -0.1) is 0 Å². The van der Waals surface area contributed by atoms with Gasteiger partial charge in [-0.2, -0.15) is 0 Å². The lowest BCUT2D eigenvalue weighted by Gasteiger charge is -2.10. The van der Waals surface area contributed by atoms with Crippen LogP contribution in [0.25, 0.3) is 0 Å². The molecule has 0 aliphatic carbocycles. The number of rotatable bonds is 17. The van der Waals surface area contributed by atoms with Crippen LogP contribution < -0.4 is 4.74 Å². The Morgan fingerprint density at radius 3 is 1.85 bits per heavy atom. The van der Waals surface area contributed by atoms with Crippen molar-refractivity contribution in [2.24, 2.45) is 0 Å². The topological polar surface area (TPSA) is 46.5 Å². The first-order valence-electron chi connectivity index (χ1n) is 10.5. The summed E-state index contributed by atoms with van der Waals surface area (Å²) in [4.78, 5) is 0. The molecule has 0 spiro atoms.